The fraction of sp³-hybridized carbons (Fsp3) is 0.333. The molecule has 4 rings (SSSR count). The van der Waals surface area contributed by atoms with Gasteiger partial charge in [0, 0.05) is 35.9 Å². The lowest BCUT2D eigenvalue weighted by molar-refractivity contribution is -0.116. The van der Waals surface area contributed by atoms with Crippen molar-refractivity contribution in [1.82, 2.24) is 19.7 Å². The maximum atomic E-state index is 12.5. The third-order valence-corrected chi connectivity index (χ3v) is 4.71. The molecule has 3 heterocycles. The molecule has 28 heavy (non-hydrogen) atoms. The Labute approximate surface area is 163 Å². The zero-order valence-corrected chi connectivity index (χ0v) is 16.2. The van der Waals surface area contributed by atoms with Crippen LogP contribution >= 0.6 is 0 Å². The van der Waals surface area contributed by atoms with Crippen molar-refractivity contribution in [3.63, 3.8) is 0 Å². The molecule has 3 aromatic rings. The monoisotopic (exact) mass is 377 g/mol. The first-order chi connectivity index (χ1) is 13.5. The molecule has 0 saturated heterocycles. The van der Waals surface area contributed by atoms with Crippen molar-refractivity contribution in [2.75, 3.05) is 11.9 Å². The van der Waals surface area contributed by atoms with Crippen LogP contribution in [0.1, 0.15) is 43.0 Å². The minimum absolute atomic E-state index is 0.0618. The largest absolute Gasteiger partial charge is 0.493 e. The van der Waals surface area contributed by atoms with Gasteiger partial charge in [-0.3, -0.25) is 4.79 Å². The first-order valence-corrected chi connectivity index (χ1v) is 9.43. The minimum atomic E-state index is -0.135. The molecule has 0 spiro atoms. The molecule has 0 aliphatic carbocycles. The molecule has 0 bridgehead atoms. The van der Waals surface area contributed by atoms with Crippen LogP contribution in [-0.2, 0) is 4.79 Å². The maximum absolute atomic E-state index is 12.5. The number of fused-ring (bicyclic) bond motifs is 1. The topological polar surface area (TPSA) is 81.9 Å². The molecule has 7 heteroatoms. The lowest BCUT2D eigenvalue weighted by atomic mass is 9.85. The predicted molar refractivity (Wildman–Crippen MR) is 106 cm³/mol. The fourth-order valence-electron chi connectivity index (χ4n) is 3.51. The lowest BCUT2D eigenvalue weighted by Gasteiger charge is -2.26. The normalized spacial score (nSPS) is 16.0. The van der Waals surface area contributed by atoms with E-state index in [2.05, 4.69) is 34.2 Å². The second kappa shape index (κ2) is 7.42. The highest BCUT2D eigenvalue weighted by Gasteiger charge is 2.34. The molecule has 1 aliphatic rings. The standard InChI is InChI=1S/C21H23N5O2/c1-13(2)12-28-17-8-5-4-7-15(17)16-11-18(27)24-20-19(16)14(3)25-26(20)21-22-9-6-10-23-21/h4-10,13,16H,11-12H2,1-3H3,(H,24,27). The number of carbonyl (C=O) groups is 1. The van der Waals surface area contributed by atoms with Gasteiger partial charge >= 0.3 is 0 Å². The number of nitrogens with one attached hydrogen (secondary N) is 1. The average Bonchev–Trinajstić information content (AvgIpc) is 3.03. The van der Waals surface area contributed by atoms with Crippen molar-refractivity contribution >= 4 is 11.7 Å². The van der Waals surface area contributed by atoms with E-state index in [-0.39, 0.29) is 11.8 Å². The van der Waals surface area contributed by atoms with Crippen molar-refractivity contribution < 1.29 is 9.53 Å². The van der Waals surface area contributed by atoms with Crippen LogP contribution in [0.25, 0.3) is 5.95 Å². The van der Waals surface area contributed by atoms with Crippen molar-refractivity contribution in [1.29, 1.82) is 0 Å². The Balaban J connectivity index is 1.81. The number of rotatable bonds is 5. The highest BCUT2D eigenvalue weighted by molar-refractivity contribution is 5.95. The number of nitrogens with zero attached hydrogens (tertiary/aromatic N) is 4. The maximum Gasteiger partial charge on any atom is 0.252 e. The van der Waals surface area contributed by atoms with Gasteiger partial charge in [-0.05, 0) is 25.0 Å². The number of aryl methyl sites for hydroxylation is 1. The van der Waals surface area contributed by atoms with Crippen LogP contribution in [0, 0.1) is 12.8 Å². The van der Waals surface area contributed by atoms with Crippen molar-refractivity contribution in [2.24, 2.45) is 5.92 Å². The molecule has 1 unspecified atom stereocenters. The van der Waals surface area contributed by atoms with Gasteiger partial charge in [0.15, 0.2) is 0 Å². The van der Waals surface area contributed by atoms with E-state index in [0.717, 1.165) is 22.6 Å². The van der Waals surface area contributed by atoms with Crippen LogP contribution in [0.3, 0.4) is 0 Å². The molecule has 1 amide bonds. The number of anilines is 1. The number of benzene rings is 1. The molecule has 1 aliphatic heterocycles. The van der Waals surface area contributed by atoms with E-state index in [4.69, 9.17) is 4.74 Å². The summed E-state index contributed by atoms with van der Waals surface area (Å²) in [6.45, 7) is 6.80. The van der Waals surface area contributed by atoms with E-state index in [1.54, 1.807) is 23.1 Å². The Morgan fingerprint density at radius 1 is 1.21 bits per heavy atom. The van der Waals surface area contributed by atoms with E-state index >= 15 is 0 Å². The highest BCUT2D eigenvalue weighted by atomic mass is 16.5. The molecule has 2 aromatic heterocycles. The Morgan fingerprint density at radius 3 is 2.71 bits per heavy atom. The summed E-state index contributed by atoms with van der Waals surface area (Å²) in [7, 11) is 0. The summed E-state index contributed by atoms with van der Waals surface area (Å²) in [4.78, 5) is 21.1. The van der Waals surface area contributed by atoms with Gasteiger partial charge in [0.1, 0.15) is 11.6 Å². The minimum Gasteiger partial charge on any atom is -0.493 e. The van der Waals surface area contributed by atoms with Gasteiger partial charge in [0.2, 0.25) is 5.91 Å². The molecule has 0 radical (unpaired) electrons. The number of aromatic nitrogens is 4. The number of carbonyl (C=O) groups excluding carboxylic acids is 1. The molecule has 1 atom stereocenters. The van der Waals surface area contributed by atoms with Gasteiger partial charge in [-0.1, -0.05) is 32.0 Å². The van der Waals surface area contributed by atoms with E-state index in [9.17, 15) is 4.79 Å². The molecular weight excluding hydrogens is 354 g/mol. The fourth-order valence-corrected chi connectivity index (χ4v) is 3.51. The van der Waals surface area contributed by atoms with E-state index < -0.39 is 0 Å². The smallest absolute Gasteiger partial charge is 0.252 e. The van der Waals surface area contributed by atoms with Gasteiger partial charge < -0.3 is 10.1 Å². The molecule has 144 valence electrons. The molecule has 7 nitrogen and oxygen atoms in total. The molecular formula is C21H23N5O2. The summed E-state index contributed by atoms with van der Waals surface area (Å²) in [5.41, 5.74) is 2.81. The quantitative estimate of drug-likeness (QED) is 0.736. The zero-order chi connectivity index (χ0) is 19.7. The second-order valence-electron chi connectivity index (χ2n) is 7.36. The first kappa shape index (κ1) is 18.2. The molecule has 1 aromatic carbocycles. The van der Waals surface area contributed by atoms with E-state index in [1.165, 1.54) is 0 Å². The van der Waals surface area contributed by atoms with Crippen LogP contribution < -0.4 is 10.1 Å². The van der Waals surface area contributed by atoms with Gasteiger partial charge in [-0.15, -0.1) is 0 Å². The average molecular weight is 377 g/mol. The van der Waals surface area contributed by atoms with Crippen molar-refractivity contribution in [3.8, 4) is 11.7 Å². The first-order valence-electron chi connectivity index (χ1n) is 9.43. The van der Waals surface area contributed by atoms with Crippen LogP contribution in [0.15, 0.2) is 42.7 Å². The summed E-state index contributed by atoms with van der Waals surface area (Å²) in [6, 6.07) is 9.67. The van der Waals surface area contributed by atoms with Crippen molar-refractivity contribution in [3.05, 3.63) is 59.5 Å². The van der Waals surface area contributed by atoms with Crippen LogP contribution in [0.4, 0.5) is 5.82 Å². The Hall–Kier alpha value is -3.22. The number of ether oxygens (including phenoxy) is 1. The van der Waals surface area contributed by atoms with Crippen LogP contribution in [-0.4, -0.2) is 32.3 Å². The number of amides is 1. The van der Waals surface area contributed by atoms with Crippen LogP contribution in [0.5, 0.6) is 5.75 Å². The Morgan fingerprint density at radius 2 is 1.96 bits per heavy atom. The highest BCUT2D eigenvalue weighted by Crippen LogP contribution is 2.42. The van der Waals surface area contributed by atoms with Gasteiger partial charge in [0.25, 0.3) is 5.95 Å². The third kappa shape index (κ3) is 3.35. The molecule has 0 saturated carbocycles. The van der Waals surface area contributed by atoms with E-state index in [0.29, 0.717) is 30.7 Å². The van der Waals surface area contributed by atoms with Gasteiger partial charge in [-0.2, -0.15) is 9.78 Å². The lowest BCUT2D eigenvalue weighted by Crippen LogP contribution is -2.25. The summed E-state index contributed by atoms with van der Waals surface area (Å²) in [6.07, 6.45) is 3.66. The second-order valence-corrected chi connectivity index (χ2v) is 7.36. The number of hydrogen-bond donors (Lipinski definition) is 1. The van der Waals surface area contributed by atoms with Crippen LogP contribution in [0.2, 0.25) is 0 Å². The summed E-state index contributed by atoms with van der Waals surface area (Å²) in [5.74, 6) is 2.08. The Kier molecular flexibility index (Phi) is 4.81. The number of para-hydroxylation sites is 1. The van der Waals surface area contributed by atoms with Gasteiger partial charge in [-0.25, -0.2) is 9.97 Å². The summed E-state index contributed by atoms with van der Waals surface area (Å²) < 4.78 is 7.65. The summed E-state index contributed by atoms with van der Waals surface area (Å²) in [5, 5.41) is 7.57. The third-order valence-electron chi connectivity index (χ3n) is 4.71. The summed E-state index contributed by atoms with van der Waals surface area (Å²) >= 11 is 0. The SMILES string of the molecule is Cc1nn(-c2ncccn2)c2c1C(c1ccccc1OCC(C)C)CC(=O)N2. The van der Waals surface area contributed by atoms with Crippen molar-refractivity contribution in [2.45, 2.75) is 33.1 Å². The molecule has 0 fully saturated rings. The predicted octanol–water partition coefficient (Wildman–Crippen LogP) is 3.48. The molecule has 1 N–H and O–H groups in total. The number of hydrogen-bond acceptors (Lipinski definition) is 5. The Bertz CT molecular complexity index is 997. The zero-order valence-electron chi connectivity index (χ0n) is 16.2. The van der Waals surface area contributed by atoms with E-state index in [1.807, 2.05) is 31.2 Å². The van der Waals surface area contributed by atoms with Gasteiger partial charge in [0.05, 0.1) is 12.3 Å².